The van der Waals surface area contributed by atoms with Gasteiger partial charge in [-0.2, -0.15) is 0 Å². The average Bonchev–Trinajstić information content (AvgIpc) is 2.38. The smallest absolute Gasteiger partial charge is 0.312 e. The summed E-state index contributed by atoms with van der Waals surface area (Å²) < 4.78 is 11.1. The van der Waals surface area contributed by atoms with Crippen LogP contribution in [-0.2, 0) is 4.79 Å². The Kier molecular flexibility index (Phi) is 3.95. The maximum atomic E-state index is 11.3. The summed E-state index contributed by atoms with van der Waals surface area (Å²) in [5.41, 5.74) is 7.26. The van der Waals surface area contributed by atoms with Crippen molar-refractivity contribution in [2.75, 3.05) is 19.8 Å². The van der Waals surface area contributed by atoms with Gasteiger partial charge in [-0.25, -0.2) is 0 Å². The van der Waals surface area contributed by atoms with Crippen LogP contribution in [0.1, 0.15) is 36.8 Å². The van der Waals surface area contributed by atoms with Crippen molar-refractivity contribution in [3.05, 3.63) is 23.3 Å². The van der Waals surface area contributed by atoms with Crippen LogP contribution in [0.3, 0.4) is 0 Å². The predicted molar refractivity (Wildman–Crippen MR) is 71.0 cm³/mol. The van der Waals surface area contributed by atoms with Crippen LogP contribution in [0, 0.1) is 0 Å². The Bertz CT molecular complexity index is 485. The molecule has 1 aromatic rings. The van der Waals surface area contributed by atoms with E-state index in [0.29, 0.717) is 30.3 Å². The molecule has 0 bridgehead atoms. The minimum absolute atomic E-state index is 0.0642. The third-order valence-electron chi connectivity index (χ3n) is 3.28. The molecule has 0 spiro atoms. The van der Waals surface area contributed by atoms with Gasteiger partial charge < -0.3 is 20.3 Å². The monoisotopic (exact) mass is 265 g/mol. The number of nitrogens with two attached hydrogens (primary N) is 1. The number of rotatable bonds is 4. The number of carboxylic acid groups (broad SMARTS) is 1. The molecule has 1 aromatic carbocycles. The van der Waals surface area contributed by atoms with Gasteiger partial charge in [-0.05, 0) is 29.2 Å². The number of carbonyl (C=O) groups is 1. The van der Waals surface area contributed by atoms with E-state index in [9.17, 15) is 9.90 Å². The van der Waals surface area contributed by atoms with Crippen LogP contribution in [-0.4, -0.2) is 30.8 Å². The molecule has 19 heavy (non-hydrogen) atoms. The second-order valence-corrected chi connectivity index (χ2v) is 4.91. The molecule has 2 rings (SSSR count). The molecule has 1 atom stereocenters. The van der Waals surface area contributed by atoms with Crippen molar-refractivity contribution >= 4 is 5.97 Å². The molecule has 1 aliphatic rings. The van der Waals surface area contributed by atoms with E-state index < -0.39 is 11.9 Å². The maximum Gasteiger partial charge on any atom is 0.312 e. The van der Waals surface area contributed by atoms with E-state index in [1.807, 2.05) is 19.9 Å². The molecule has 104 valence electrons. The predicted octanol–water partition coefficient (Wildman–Crippen LogP) is 1.71. The first-order valence-electron chi connectivity index (χ1n) is 6.41. The topological polar surface area (TPSA) is 81.8 Å². The quantitative estimate of drug-likeness (QED) is 0.866. The largest absolute Gasteiger partial charge is 0.486 e. The van der Waals surface area contributed by atoms with Crippen LogP contribution in [0.15, 0.2) is 12.1 Å². The molecule has 5 nitrogen and oxygen atoms in total. The molecule has 0 fully saturated rings. The van der Waals surface area contributed by atoms with Crippen molar-refractivity contribution in [2.24, 2.45) is 5.73 Å². The molecule has 0 saturated carbocycles. The Morgan fingerprint density at radius 2 is 1.79 bits per heavy atom. The number of aliphatic carboxylic acids is 1. The SMILES string of the molecule is CC(C)c1cc2c(cc1C(CN)C(=O)O)OCCO2. The number of ether oxygens (including phenoxy) is 2. The summed E-state index contributed by atoms with van der Waals surface area (Å²) in [6.45, 7) is 5.10. The number of hydrogen-bond acceptors (Lipinski definition) is 4. The summed E-state index contributed by atoms with van der Waals surface area (Å²) in [7, 11) is 0. The van der Waals surface area contributed by atoms with Crippen LogP contribution >= 0.6 is 0 Å². The molecule has 1 aliphatic heterocycles. The fourth-order valence-electron chi connectivity index (χ4n) is 2.28. The molecule has 5 heteroatoms. The lowest BCUT2D eigenvalue weighted by molar-refractivity contribution is -0.138. The summed E-state index contributed by atoms with van der Waals surface area (Å²) in [6.07, 6.45) is 0. The molecular weight excluding hydrogens is 246 g/mol. The van der Waals surface area contributed by atoms with E-state index in [0.717, 1.165) is 5.56 Å². The molecule has 0 aliphatic carbocycles. The molecule has 1 unspecified atom stereocenters. The van der Waals surface area contributed by atoms with Crippen LogP contribution in [0.2, 0.25) is 0 Å². The number of hydrogen-bond donors (Lipinski definition) is 2. The highest BCUT2D eigenvalue weighted by atomic mass is 16.6. The van der Waals surface area contributed by atoms with E-state index in [2.05, 4.69) is 0 Å². The normalized spacial score (nSPS) is 15.4. The number of fused-ring (bicyclic) bond motifs is 1. The summed E-state index contributed by atoms with van der Waals surface area (Å²) >= 11 is 0. The van der Waals surface area contributed by atoms with Gasteiger partial charge in [0.1, 0.15) is 13.2 Å². The Morgan fingerprint density at radius 3 is 2.21 bits per heavy atom. The van der Waals surface area contributed by atoms with Crippen LogP contribution in [0.4, 0.5) is 0 Å². The highest BCUT2D eigenvalue weighted by Crippen LogP contribution is 2.38. The summed E-state index contributed by atoms with van der Waals surface area (Å²) in [5.74, 6) is -0.154. The van der Waals surface area contributed by atoms with Crippen molar-refractivity contribution in [3.8, 4) is 11.5 Å². The lowest BCUT2D eigenvalue weighted by atomic mass is 9.88. The zero-order valence-electron chi connectivity index (χ0n) is 11.2. The standard InChI is InChI=1S/C14H19NO4/c1-8(2)9-5-12-13(19-4-3-18-12)6-10(9)11(7-15)14(16)17/h5-6,8,11H,3-4,7,15H2,1-2H3,(H,16,17). The lowest BCUT2D eigenvalue weighted by Crippen LogP contribution is -2.24. The molecule has 0 saturated heterocycles. The molecule has 1 heterocycles. The third-order valence-corrected chi connectivity index (χ3v) is 3.28. The molecular formula is C14H19NO4. The van der Waals surface area contributed by atoms with Gasteiger partial charge in [0.2, 0.25) is 0 Å². The first-order chi connectivity index (χ1) is 9.04. The first-order valence-corrected chi connectivity index (χ1v) is 6.41. The summed E-state index contributed by atoms with van der Waals surface area (Å²) in [5, 5.41) is 9.28. The van der Waals surface area contributed by atoms with Gasteiger partial charge in [0.05, 0.1) is 5.92 Å². The Balaban J connectivity index is 2.53. The van der Waals surface area contributed by atoms with E-state index in [1.165, 1.54) is 0 Å². The zero-order valence-corrected chi connectivity index (χ0v) is 11.2. The number of benzene rings is 1. The van der Waals surface area contributed by atoms with Crippen molar-refractivity contribution in [2.45, 2.75) is 25.7 Å². The van der Waals surface area contributed by atoms with Gasteiger partial charge in [-0.1, -0.05) is 13.8 Å². The fraction of sp³-hybridized carbons (Fsp3) is 0.500. The van der Waals surface area contributed by atoms with Gasteiger partial charge >= 0.3 is 5.97 Å². The Labute approximate surface area is 112 Å². The van der Waals surface area contributed by atoms with Gasteiger partial charge in [0, 0.05) is 6.54 Å². The van der Waals surface area contributed by atoms with Crippen molar-refractivity contribution in [1.29, 1.82) is 0 Å². The minimum atomic E-state index is -0.916. The molecule has 0 amide bonds. The second-order valence-electron chi connectivity index (χ2n) is 4.91. The maximum absolute atomic E-state index is 11.3. The van der Waals surface area contributed by atoms with E-state index >= 15 is 0 Å². The Morgan fingerprint density at radius 1 is 1.26 bits per heavy atom. The van der Waals surface area contributed by atoms with Crippen LogP contribution < -0.4 is 15.2 Å². The van der Waals surface area contributed by atoms with Crippen LogP contribution in [0.5, 0.6) is 11.5 Å². The van der Waals surface area contributed by atoms with Gasteiger partial charge in [-0.3, -0.25) is 4.79 Å². The highest BCUT2D eigenvalue weighted by molar-refractivity contribution is 5.77. The minimum Gasteiger partial charge on any atom is -0.486 e. The van der Waals surface area contributed by atoms with E-state index in [1.54, 1.807) is 6.07 Å². The molecule has 0 radical (unpaired) electrons. The Hall–Kier alpha value is -1.75. The third kappa shape index (κ3) is 2.66. The zero-order chi connectivity index (χ0) is 14.0. The lowest BCUT2D eigenvalue weighted by Gasteiger charge is -2.24. The average molecular weight is 265 g/mol. The van der Waals surface area contributed by atoms with Gasteiger partial charge in [0.15, 0.2) is 11.5 Å². The van der Waals surface area contributed by atoms with Crippen molar-refractivity contribution < 1.29 is 19.4 Å². The van der Waals surface area contributed by atoms with Crippen LogP contribution in [0.25, 0.3) is 0 Å². The summed E-state index contributed by atoms with van der Waals surface area (Å²) in [6, 6.07) is 3.63. The first kappa shape index (κ1) is 13.7. The van der Waals surface area contributed by atoms with E-state index in [-0.39, 0.29) is 12.5 Å². The number of carboxylic acids is 1. The van der Waals surface area contributed by atoms with Crippen molar-refractivity contribution in [3.63, 3.8) is 0 Å². The highest BCUT2D eigenvalue weighted by Gasteiger charge is 2.25. The summed E-state index contributed by atoms with van der Waals surface area (Å²) in [4.78, 5) is 11.3. The van der Waals surface area contributed by atoms with Crippen molar-refractivity contribution in [1.82, 2.24) is 0 Å². The van der Waals surface area contributed by atoms with E-state index in [4.69, 9.17) is 15.2 Å². The molecule has 0 aromatic heterocycles. The van der Waals surface area contributed by atoms with Gasteiger partial charge in [-0.15, -0.1) is 0 Å². The fourth-order valence-corrected chi connectivity index (χ4v) is 2.28. The molecule has 3 N–H and O–H groups in total. The van der Waals surface area contributed by atoms with Gasteiger partial charge in [0.25, 0.3) is 0 Å². The second kappa shape index (κ2) is 5.48.